The lowest BCUT2D eigenvalue weighted by molar-refractivity contribution is 0.628. The highest BCUT2D eigenvalue weighted by Crippen LogP contribution is 2.35. The summed E-state index contributed by atoms with van der Waals surface area (Å²) in [6.45, 7) is 1.93. The molecule has 0 aromatic heterocycles. The van der Waals surface area contributed by atoms with Crippen LogP contribution in [0.5, 0.6) is 0 Å². The fourth-order valence-electron chi connectivity index (χ4n) is 1.77. The molecule has 2 rings (SSSR count). The predicted molar refractivity (Wildman–Crippen MR) is 86.8 cm³/mol. The molecule has 0 amide bonds. The molecular weight excluding hydrogens is 318 g/mol. The molecule has 0 saturated heterocycles. The third kappa shape index (κ3) is 3.20. The van der Waals surface area contributed by atoms with E-state index in [4.69, 9.17) is 41.2 Å². The monoisotopic (exact) mass is 328 g/mol. The average Bonchev–Trinajstić information content (AvgIpc) is 2.33. The van der Waals surface area contributed by atoms with E-state index >= 15 is 0 Å². The van der Waals surface area contributed by atoms with Gasteiger partial charge in [0.15, 0.2) is 0 Å². The molecular formula is C14H11Cl2FN2S. The number of nitrogens with two attached hydrogens (primary N) is 1. The second-order valence-corrected chi connectivity index (χ2v) is 5.54. The van der Waals surface area contributed by atoms with Crippen LogP contribution in [0, 0.1) is 12.7 Å². The first-order valence-corrected chi connectivity index (χ1v) is 6.87. The maximum absolute atomic E-state index is 13.2. The van der Waals surface area contributed by atoms with E-state index in [-0.39, 0.29) is 15.0 Å². The van der Waals surface area contributed by atoms with Crippen molar-refractivity contribution in [2.45, 2.75) is 6.92 Å². The van der Waals surface area contributed by atoms with Gasteiger partial charge in [0.1, 0.15) is 10.8 Å². The zero-order valence-electron chi connectivity index (χ0n) is 10.5. The first-order valence-electron chi connectivity index (χ1n) is 5.70. The van der Waals surface area contributed by atoms with Crippen molar-refractivity contribution in [3.63, 3.8) is 0 Å². The zero-order valence-corrected chi connectivity index (χ0v) is 12.8. The van der Waals surface area contributed by atoms with Gasteiger partial charge in [0, 0.05) is 11.3 Å². The summed E-state index contributed by atoms with van der Waals surface area (Å²) in [7, 11) is 0. The molecule has 0 unspecified atom stereocenters. The van der Waals surface area contributed by atoms with Crippen LogP contribution in [0.4, 0.5) is 15.8 Å². The maximum atomic E-state index is 13.2. The molecule has 0 aliphatic heterocycles. The quantitative estimate of drug-likeness (QED) is 0.793. The molecule has 0 heterocycles. The van der Waals surface area contributed by atoms with Gasteiger partial charge in [0.25, 0.3) is 0 Å². The van der Waals surface area contributed by atoms with Gasteiger partial charge in [0.05, 0.1) is 15.7 Å². The number of thiocarbonyl (C=S) groups is 1. The van der Waals surface area contributed by atoms with Crippen LogP contribution in [0.25, 0.3) is 0 Å². The Labute approximate surface area is 131 Å². The molecule has 0 aliphatic carbocycles. The van der Waals surface area contributed by atoms with E-state index in [0.29, 0.717) is 16.9 Å². The van der Waals surface area contributed by atoms with Gasteiger partial charge in [-0.2, -0.15) is 0 Å². The molecule has 2 aromatic carbocycles. The van der Waals surface area contributed by atoms with Gasteiger partial charge in [-0.15, -0.1) is 0 Å². The van der Waals surface area contributed by atoms with E-state index in [1.165, 1.54) is 12.1 Å². The summed E-state index contributed by atoms with van der Waals surface area (Å²) in [5.41, 5.74) is 8.46. The normalized spacial score (nSPS) is 10.4. The highest BCUT2D eigenvalue weighted by Gasteiger charge is 2.12. The summed E-state index contributed by atoms with van der Waals surface area (Å²) in [6.07, 6.45) is 0. The third-order valence-corrected chi connectivity index (χ3v) is 3.52. The molecule has 0 spiro atoms. The lowest BCUT2D eigenvalue weighted by Gasteiger charge is -2.14. The Morgan fingerprint density at radius 3 is 2.35 bits per heavy atom. The first kappa shape index (κ1) is 15.0. The summed E-state index contributed by atoms with van der Waals surface area (Å²) < 4.78 is 13.2. The first-order chi connectivity index (χ1) is 9.38. The minimum Gasteiger partial charge on any atom is -0.389 e. The molecule has 0 bridgehead atoms. The standard InChI is InChI=1S/C14H11Cl2FN2S/c1-7-2-3-9(14(18)20)12(4-7)19-13-10(15)5-8(17)6-11(13)16/h2-6,19H,1H3,(H2,18,20). The smallest absolute Gasteiger partial charge is 0.126 e. The highest BCUT2D eigenvalue weighted by atomic mass is 35.5. The van der Waals surface area contributed by atoms with Crippen LogP contribution in [-0.4, -0.2) is 4.99 Å². The van der Waals surface area contributed by atoms with Crippen molar-refractivity contribution in [3.8, 4) is 0 Å². The topological polar surface area (TPSA) is 38.0 Å². The van der Waals surface area contributed by atoms with Gasteiger partial charge in [-0.05, 0) is 36.8 Å². The summed E-state index contributed by atoms with van der Waals surface area (Å²) in [4.78, 5) is 0.252. The Morgan fingerprint density at radius 2 is 1.80 bits per heavy atom. The second-order valence-electron chi connectivity index (χ2n) is 4.28. The summed E-state index contributed by atoms with van der Waals surface area (Å²) in [6, 6.07) is 7.95. The van der Waals surface area contributed by atoms with Gasteiger partial charge in [-0.1, -0.05) is 41.5 Å². The van der Waals surface area contributed by atoms with Gasteiger partial charge < -0.3 is 11.1 Å². The summed E-state index contributed by atoms with van der Waals surface area (Å²) in [5.74, 6) is -0.496. The minimum absolute atomic E-state index is 0.186. The van der Waals surface area contributed by atoms with E-state index in [2.05, 4.69) is 5.32 Å². The zero-order chi connectivity index (χ0) is 14.9. The van der Waals surface area contributed by atoms with Gasteiger partial charge in [0.2, 0.25) is 0 Å². The molecule has 3 N–H and O–H groups in total. The van der Waals surface area contributed by atoms with Crippen LogP contribution >= 0.6 is 35.4 Å². The Bertz CT molecular complexity index is 666. The summed E-state index contributed by atoms with van der Waals surface area (Å²) in [5, 5.41) is 3.43. The molecule has 2 nitrogen and oxygen atoms in total. The minimum atomic E-state index is -0.496. The van der Waals surface area contributed by atoms with Crippen LogP contribution in [-0.2, 0) is 0 Å². The molecule has 6 heteroatoms. The molecule has 0 saturated carbocycles. The van der Waals surface area contributed by atoms with Crippen molar-refractivity contribution in [1.82, 2.24) is 0 Å². The van der Waals surface area contributed by atoms with Crippen molar-refractivity contribution in [1.29, 1.82) is 0 Å². The molecule has 104 valence electrons. The van der Waals surface area contributed by atoms with E-state index in [9.17, 15) is 4.39 Å². The van der Waals surface area contributed by atoms with Crippen LogP contribution in [0.1, 0.15) is 11.1 Å². The molecule has 2 aromatic rings. The van der Waals surface area contributed by atoms with E-state index in [0.717, 1.165) is 5.56 Å². The highest BCUT2D eigenvalue weighted by molar-refractivity contribution is 7.80. The van der Waals surface area contributed by atoms with Crippen molar-refractivity contribution in [3.05, 3.63) is 57.3 Å². The number of aryl methyl sites for hydroxylation is 1. The molecule has 0 atom stereocenters. The number of benzene rings is 2. The predicted octanol–water partition coefficient (Wildman–Crippen LogP) is 4.82. The van der Waals surface area contributed by atoms with Gasteiger partial charge >= 0.3 is 0 Å². The Hall–Kier alpha value is -1.36. The van der Waals surface area contributed by atoms with Crippen LogP contribution in [0.15, 0.2) is 30.3 Å². The maximum Gasteiger partial charge on any atom is 0.126 e. The SMILES string of the molecule is Cc1ccc(C(N)=S)c(Nc2c(Cl)cc(F)cc2Cl)c1. The number of anilines is 2. The number of hydrogen-bond donors (Lipinski definition) is 2. The van der Waals surface area contributed by atoms with Crippen molar-refractivity contribution in [2.24, 2.45) is 5.73 Å². The van der Waals surface area contributed by atoms with Crippen LogP contribution in [0.2, 0.25) is 10.0 Å². The van der Waals surface area contributed by atoms with E-state index in [1.54, 1.807) is 0 Å². The fraction of sp³-hybridized carbons (Fsp3) is 0.0714. The molecule has 0 fully saturated rings. The second kappa shape index (κ2) is 5.95. The number of halogens is 3. The Balaban J connectivity index is 2.50. The Morgan fingerprint density at radius 1 is 1.20 bits per heavy atom. The van der Waals surface area contributed by atoms with Crippen molar-refractivity contribution >= 4 is 51.8 Å². The lowest BCUT2D eigenvalue weighted by atomic mass is 10.1. The van der Waals surface area contributed by atoms with E-state index < -0.39 is 5.82 Å². The van der Waals surface area contributed by atoms with Crippen LogP contribution < -0.4 is 11.1 Å². The van der Waals surface area contributed by atoms with Gasteiger partial charge in [-0.25, -0.2) is 4.39 Å². The number of hydrogen-bond acceptors (Lipinski definition) is 2. The fourth-order valence-corrected chi connectivity index (χ4v) is 2.51. The molecule has 0 aliphatic rings. The van der Waals surface area contributed by atoms with Gasteiger partial charge in [-0.3, -0.25) is 0 Å². The van der Waals surface area contributed by atoms with E-state index in [1.807, 2.05) is 25.1 Å². The lowest BCUT2D eigenvalue weighted by Crippen LogP contribution is -2.12. The Kier molecular flexibility index (Phi) is 4.48. The van der Waals surface area contributed by atoms with Crippen molar-refractivity contribution in [2.75, 3.05) is 5.32 Å². The largest absolute Gasteiger partial charge is 0.389 e. The molecule has 20 heavy (non-hydrogen) atoms. The average molecular weight is 329 g/mol. The number of nitrogens with one attached hydrogen (secondary N) is 1. The third-order valence-electron chi connectivity index (χ3n) is 2.71. The van der Waals surface area contributed by atoms with Crippen molar-refractivity contribution < 1.29 is 4.39 Å². The number of rotatable bonds is 3. The summed E-state index contributed by atoms with van der Waals surface area (Å²) >= 11 is 17.0. The molecule has 0 radical (unpaired) electrons. The van der Waals surface area contributed by atoms with Crippen LogP contribution in [0.3, 0.4) is 0 Å².